The Morgan fingerprint density at radius 2 is 1.77 bits per heavy atom. The lowest BCUT2D eigenvalue weighted by Crippen LogP contribution is -2.57. The van der Waals surface area contributed by atoms with Gasteiger partial charge in [-0.25, -0.2) is 0 Å². The lowest BCUT2D eigenvalue weighted by molar-refractivity contribution is -0.0288. The van der Waals surface area contributed by atoms with Crippen molar-refractivity contribution < 1.29 is 9.57 Å². The number of hydroxylamine groups is 1. The van der Waals surface area contributed by atoms with Crippen LogP contribution in [0.15, 0.2) is 0 Å². The van der Waals surface area contributed by atoms with E-state index in [1.807, 2.05) is 0 Å². The Morgan fingerprint density at radius 1 is 0.933 bits per heavy atom. The van der Waals surface area contributed by atoms with Crippen molar-refractivity contribution in [2.45, 2.75) is 81.3 Å². The molecule has 8 heteroatoms. The van der Waals surface area contributed by atoms with E-state index in [1.165, 1.54) is 64.5 Å². The largest absolute Gasteiger partial charge is 0.379 e. The smallest absolute Gasteiger partial charge is 0.146 e. The van der Waals surface area contributed by atoms with E-state index in [-0.39, 0.29) is 12.4 Å². The van der Waals surface area contributed by atoms with Crippen LogP contribution in [-0.2, 0) is 9.57 Å². The van der Waals surface area contributed by atoms with Crippen LogP contribution in [0.25, 0.3) is 0 Å². The molecular formula is C22H40ClN5O2. The Morgan fingerprint density at radius 3 is 2.53 bits per heavy atom. The van der Waals surface area contributed by atoms with Gasteiger partial charge in [0.05, 0.1) is 31.6 Å². The first-order valence-corrected chi connectivity index (χ1v) is 12.8. The second kappa shape index (κ2) is 10.3. The summed E-state index contributed by atoms with van der Waals surface area (Å²) in [4.78, 5) is 11.3. The van der Waals surface area contributed by atoms with Gasteiger partial charge in [-0.05, 0) is 63.8 Å². The van der Waals surface area contributed by atoms with Gasteiger partial charge in [-0.3, -0.25) is 20.0 Å². The summed E-state index contributed by atoms with van der Waals surface area (Å²) in [5.41, 5.74) is 3.35. The summed E-state index contributed by atoms with van der Waals surface area (Å²) in [7, 11) is 0. The molecule has 1 saturated carbocycles. The lowest BCUT2D eigenvalue weighted by atomic mass is 9.88. The highest BCUT2D eigenvalue weighted by Crippen LogP contribution is 2.32. The first-order chi connectivity index (χ1) is 14.8. The van der Waals surface area contributed by atoms with Crippen molar-refractivity contribution in [3.63, 3.8) is 0 Å². The number of ether oxygens (including phenoxy) is 1. The summed E-state index contributed by atoms with van der Waals surface area (Å²) in [6.07, 6.45) is 10.8. The van der Waals surface area contributed by atoms with Crippen LogP contribution in [0.1, 0.15) is 51.4 Å². The first-order valence-electron chi connectivity index (χ1n) is 12.4. The molecule has 1 aliphatic carbocycles. The maximum absolute atomic E-state index is 6.31. The maximum atomic E-state index is 6.31. The molecule has 5 fully saturated rings. The third-order valence-electron chi connectivity index (χ3n) is 8.08. The van der Waals surface area contributed by atoms with Crippen LogP contribution >= 0.6 is 11.6 Å². The number of morpholine rings is 1. The molecule has 0 aromatic rings. The minimum Gasteiger partial charge on any atom is -0.379 e. The van der Waals surface area contributed by atoms with E-state index >= 15 is 0 Å². The predicted molar refractivity (Wildman–Crippen MR) is 118 cm³/mol. The van der Waals surface area contributed by atoms with Crippen LogP contribution in [0.5, 0.6) is 0 Å². The quantitative estimate of drug-likeness (QED) is 0.561. The number of piperidine rings is 1. The first kappa shape index (κ1) is 21.8. The molecule has 4 heterocycles. The van der Waals surface area contributed by atoms with Crippen molar-refractivity contribution in [1.82, 2.24) is 25.9 Å². The Balaban J connectivity index is 1.08. The van der Waals surface area contributed by atoms with Crippen LogP contribution in [0, 0.1) is 11.8 Å². The summed E-state index contributed by atoms with van der Waals surface area (Å²) >= 11 is 6.31. The Kier molecular flexibility index (Phi) is 7.50. The van der Waals surface area contributed by atoms with Crippen molar-refractivity contribution in [2.24, 2.45) is 11.8 Å². The monoisotopic (exact) mass is 441 g/mol. The normalized spacial score (nSPS) is 44.5. The molecule has 5 unspecified atom stereocenters. The number of alkyl halides is 1. The van der Waals surface area contributed by atoms with Crippen LogP contribution in [0.4, 0.5) is 0 Å². The molecule has 0 amide bonds. The average Bonchev–Trinajstić information content (AvgIpc) is 3.46. The van der Waals surface area contributed by atoms with Gasteiger partial charge in [-0.15, -0.1) is 11.6 Å². The molecule has 0 bridgehead atoms. The molecule has 30 heavy (non-hydrogen) atoms. The van der Waals surface area contributed by atoms with Gasteiger partial charge in [0.1, 0.15) is 6.23 Å². The molecule has 4 aliphatic heterocycles. The molecule has 0 aromatic carbocycles. The maximum Gasteiger partial charge on any atom is 0.146 e. The van der Waals surface area contributed by atoms with Gasteiger partial charge in [0.15, 0.2) is 0 Å². The van der Waals surface area contributed by atoms with Gasteiger partial charge >= 0.3 is 0 Å². The molecule has 5 aliphatic rings. The van der Waals surface area contributed by atoms with Crippen molar-refractivity contribution in [3.05, 3.63) is 0 Å². The number of hydrogen-bond acceptors (Lipinski definition) is 7. The molecule has 172 valence electrons. The highest BCUT2D eigenvalue weighted by atomic mass is 35.5. The number of halogens is 1. The van der Waals surface area contributed by atoms with Crippen LogP contribution in [-0.4, -0.2) is 85.7 Å². The molecular weight excluding hydrogens is 402 g/mol. The number of nitrogens with zero attached hydrogens (tertiary/aromatic N) is 2. The molecule has 5 rings (SSSR count). The number of hydrogen-bond donors (Lipinski definition) is 3. The predicted octanol–water partition coefficient (Wildman–Crippen LogP) is 1.68. The van der Waals surface area contributed by atoms with E-state index in [1.54, 1.807) is 0 Å². The van der Waals surface area contributed by atoms with Crippen molar-refractivity contribution >= 4 is 11.6 Å². The fourth-order valence-corrected chi connectivity index (χ4v) is 6.47. The highest BCUT2D eigenvalue weighted by molar-refractivity contribution is 6.20. The zero-order chi connectivity index (χ0) is 20.3. The molecule has 5 atom stereocenters. The molecule has 0 radical (unpaired) electrons. The second-order valence-electron chi connectivity index (χ2n) is 10.0. The lowest BCUT2D eigenvalue weighted by Gasteiger charge is -2.40. The van der Waals surface area contributed by atoms with Crippen LogP contribution in [0.2, 0.25) is 0 Å². The van der Waals surface area contributed by atoms with E-state index in [9.17, 15) is 0 Å². The third kappa shape index (κ3) is 5.15. The summed E-state index contributed by atoms with van der Waals surface area (Å²) in [6.45, 7) is 7.31. The topological polar surface area (TPSA) is 61.0 Å². The van der Waals surface area contributed by atoms with Gasteiger partial charge in [-0.1, -0.05) is 0 Å². The fraction of sp³-hybridized carbons (Fsp3) is 1.00. The zero-order valence-corrected chi connectivity index (χ0v) is 19.0. The molecule has 0 spiro atoms. The minimum absolute atomic E-state index is 0.110. The average molecular weight is 442 g/mol. The molecule has 3 N–H and O–H groups in total. The van der Waals surface area contributed by atoms with Gasteiger partial charge in [0.25, 0.3) is 0 Å². The van der Waals surface area contributed by atoms with Crippen LogP contribution < -0.4 is 16.1 Å². The second-order valence-corrected chi connectivity index (χ2v) is 10.7. The summed E-state index contributed by atoms with van der Waals surface area (Å²) in [5.74, 6) is 1.38. The SMILES string of the molecule is ClC1CCC(CN2CCCC2C2NC(C3CCC(N4CCOCC4)NC3)NO2)CC1. The minimum atomic E-state index is 0.110. The van der Waals surface area contributed by atoms with Crippen molar-refractivity contribution in [3.8, 4) is 0 Å². The highest BCUT2D eigenvalue weighted by Gasteiger charge is 2.41. The van der Waals surface area contributed by atoms with E-state index in [0.717, 1.165) is 38.8 Å². The van der Waals surface area contributed by atoms with Gasteiger partial charge in [0, 0.05) is 37.5 Å². The van der Waals surface area contributed by atoms with Crippen LogP contribution in [0.3, 0.4) is 0 Å². The van der Waals surface area contributed by atoms with E-state index in [2.05, 4.69) is 25.9 Å². The van der Waals surface area contributed by atoms with E-state index in [0.29, 0.717) is 23.5 Å². The number of likely N-dealkylation sites (tertiary alicyclic amines) is 1. The third-order valence-corrected chi connectivity index (χ3v) is 8.52. The van der Waals surface area contributed by atoms with Gasteiger partial charge < -0.3 is 10.1 Å². The standard InChI is InChI=1S/C22H40ClN5O2/c23-18-6-3-16(4-7-18)15-28-9-1-2-19(28)22-25-21(26-30-22)17-5-8-20(24-14-17)27-10-12-29-13-11-27/h16-22,24-26H,1-15H2. The fourth-order valence-electron chi connectivity index (χ4n) is 6.22. The number of nitrogens with one attached hydrogen (secondary N) is 3. The summed E-state index contributed by atoms with van der Waals surface area (Å²) in [5, 5.41) is 7.99. The van der Waals surface area contributed by atoms with Crippen molar-refractivity contribution in [1.29, 1.82) is 0 Å². The Bertz CT molecular complexity index is 536. The zero-order valence-electron chi connectivity index (χ0n) is 18.2. The van der Waals surface area contributed by atoms with Gasteiger partial charge in [-0.2, -0.15) is 5.48 Å². The van der Waals surface area contributed by atoms with E-state index in [4.69, 9.17) is 21.2 Å². The Labute approximate surface area is 186 Å². The molecule has 0 aromatic heterocycles. The van der Waals surface area contributed by atoms with Crippen molar-refractivity contribution in [2.75, 3.05) is 45.9 Å². The van der Waals surface area contributed by atoms with Gasteiger partial charge in [0.2, 0.25) is 0 Å². The summed E-state index contributed by atoms with van der Waals surface area (Å²) < 4.78 is 5.50. The number of rotatable bonds is 5. The summed E-state index contributed by atoms with van der Waals surface area (Å²) in [6, 6.07) is 0.494. The Hall–Kier alpha value is 0.01000. The van der Waals surface area contributed by atoms with E-state index < -0.39 is 0 Å². The molecule has 7 nitrogen and oxygen atoms in total. The molecule has 4 saturated heterocycles.